The average molecular weight is 444 g/mol. The summed E-state index contributed by atoms with van der Waals surface area (Å²) in [4.78, 5) is 24.9. The fraction of sp³-hybridized carbons (Fsp3) is 0.190. The van der Waals surface area contributed by atoms with E-state index in [1.165, 1.54) is 53.2 Å². The number of benzene rings is 2. The van der Waals surface area contributed by atoms with Crippen molar-refractivity contribution < 1.29 is 17.6 Å². The van der Waals surface area contributed by atoms with Crippen LogP contribution in [0.1, 0.15) is 29.5 Å². The van der Waals surface area contributed by atoms with Gasteiger partial charge in [0.15, 0.2) is 5.69 Å². The fourth-order valence-corrected chi connectivity index (χ4v) is 4.02. The summed E-state index contributed by atoms with van der Waals surface area (Å²) in [6.45, 7) is 3.35. The van der Waals surface area contributed by atoms with E-state index in [9.17, 15) is 22.4 Å². The van der Waals surface area contributed by atoms with Gasteiger partial charge in [-0.05, 0) is 49.7 Å². The van der Waals surface area contributed by atoms with Crippen molar-refractivity contribution >= 4 is 27.3 Å². The number of para-hydroxylation sites is 1. The number of aryl methyl sites for hydroxylation is 1. The minimum absolute atomic E-state index is 0.00112. The number of hydrogen-bond acceptors (Lipinski definition) is 5. The van der Waals surface area contributed by atoms with Crippen LogP contribution in [0.3, 0.4) is 0 Å². The number of carbonyl (C=O) groups is 1. The highest BCUT2D eigenvalue weighted by Crippen LogP contribution is 2.16. The molecule has 1 heterocycles. The molecule has 0 saturated carbocycles. The van der Waals surface area contributed by atoms with E-state index in [1.807, 2.05) is 0 Å². The van der Waals surface area contributed by atoms with Gasteiger partial charge in [-0.25, -0.2) is 17.5 Å². The van der Waals surface area contributed by atoms with Crippen LogP contribution in [0, 0.1) is 12.7 Å². The lowest BCUT2D eigenvalue weighted by molar-refractivity contribution is 0.101. The predicted octanol–water partition coefficient (Wildman–Crippen LogP) is 3.08. The van der Waals surface area contributed by atoms with Gasteiger partial charge in [0.1, 0.15) is 11.5 Å². The first-order valence-corrected chi connectivity index (χ1v) is 11.1. The number of carbonyl (C=O) groups excluding carboxylic acids is 1. The zero-order valence-corrected chi connectivity index (χ0v) is 17.7. The van der Waals surface area contributed by atoms with E-state index in [2.05, 4.69) is 15.1 Å². The maximum absolute atomic E-state index is 14.2. The minimum Gasteiger partial charge on any atom is -0.320 e. The highest BCUT2D eigenvalue weighted by atomic mass is 32.2. The molecule has 162 valence electrons. The maximum Gasteiger partial charge on any atom is 0.280 e. The van der Waals surface area contributed by atoms with Crippen molar-refractivity contribution in [3.05, 3.63) is 82.0 Å². The smallest absolute Gasteiger partial charge is 0.280 e. The topological polar surface area (TPSA) is 110 Å². The SMILES string of the molecule is CCCS(=O)(=O)Nc1ccc(NC(=O)c2nn(-c3ccccc3F)c(C)cc2=O)cc1. The highest BCUT2D eigenvalue weighted by Gasteiger charge is 2.17. The van der Waals surface area contributed by atoms with E-state index < -0.39 is 32.9 Å². The van der Waals surface area contributed by atoms with Crippen LogP contribution >= 0.6 is 0 Å². The Morgan fingerprint density at radius 3 is 2.39 bits per heavy atom. The molecule has 2 N–H and O–H groups in total. The molecule has 0 aliphatic carbocycles. The first kappa shape index (κ1) is 22.2. The lowest BCUT2D eigenvalue weighted by atomic mass is 10.2. The third-order valence-corrected chi connectivity index (χ3v) is 5.78. The predicted molar refractivity (Wildman–Crippen MR) is 117 cm³/mol. The highest BCUT2D eigenvalue weighted by molar-refractivity contribution is 7.92. The molecule has 0 spiro atoms. The summed E-state index contributed by atoms with van der Waals surface area (Å²) in [6.07, 6.45) is 0.484. The Morgan fingerprint density at radius 1 is 1.10 bits per heavy atom. The van der Waals surface area contributed by atoms with Crippen molar-refractivity contribution in [1.29, 1.82) is 0 Å². The Morgan fingerprint density at radius 2 is 1.74 bits per heavy atom. The molecular formula is C21H21FN4O4S. The number of amides is 1. The summed E-state index contributed by atoms with van der Waals surface area (Å²) in [5.41, 5.74) is 0.158. The molecule has 0 radical (unpaired) electrons. The van der Waals surface area contributed by atoms with Gasteiger partial charge >= 0.3 is 0 Å². The molecular weight excluding hydrogens is 423 g/mol. The molecule has 0 saturated heterocycles. The number of hydrogen-bond donors (Lipinski definition) is 2. The Hall–Kier alpha value is -3.53. The second-order valence-electron chi connectivity index (χ2n) is 6.81. The van der Waals surface area contributed by atoms with Crippen LogP contribution in [-0.2, 0) is 10.0 Å². The average Bonchev–Trinajstić information content (AvgIpc) is 2.70. The molecule has 0 aliphatic rings. The fourth-order valence-electron chi connectivity index (χ4n) is 2.88. The monoisotopic (exact) mass is 444 g/mol. The number of nitrogens with zero attached hydrogens (tertiary/aromatic N) is 2. The number of sulfonamides is 1. The summed E-state index contributed by atoms with van der Waals surface area (Å²) in [7, 11) is -3.43. The lowest BCUT2D eigenvalue weighted by Crippen LogP contribution is -2.27. The van der Waals surface area contributed by atoms with Crippen LogP contribution < -0.4 is 15.5 Å². The van der Waals surface area contributed by atoms with Gasteiger partial charge in [-0.2, -0.15) is 5.10 Å². The van der Waals surface area contributed by atoms with E-state index in [1.54, 1.807) is 19.9 Å². The van der Waals surface area contributed by atoms with E-state index in [0.29, 0.717) is 23.5 Å². The number of rotatable bonds is 7. The van der Waals surface area contributed by atoms with Gasteiger partial charge in [0.25, 0.3) is 5.91 Å². The molecule has 0 atom stereocenters. The lowest BCUT2D eigenvalue weighted by Gasteiger charge is -2.12. The quantitative estimate of drug-likeness (QED) is 0.582. The molecule has 3 aromatic rings. The van der Waals surface area contributed by atoms with Gasteiger partial charge in [0.2, 0.25) is 15.5 Å². The molecule has 1 amide bonds. The standard InChI is InChI=1S/C21H21FN4O4S/c1-3-12-31(29,30)25-16-10-8-15(9-11-16)23-21(28)20-19(27)13-14(2)26(24-20)18-7-5-4-6-17(18)22/h4-11,13,25H,3,12H2,1-2H3,(H,23,28). The summed E-state index contributed by atoms with van der Waals surface area (Å²) < 4.78 is 41.4. The first-order valence-electron chi connectivity index (χ1n) is 9.48. The summed E-state index contributed by atoms with van der Waals surface area (Å²) in [5.74, 6) is -1.32. The van der Waals surface area contributed by atoms with Gasteiger partial charge in [-0.1, -0.05) is 19.1 Å². The van der Waals surface area contributed by atoms with Crippen molar-refractivity contribution in [3.8, 4) is 5.69 Å². The zero-order valence-electron chi connectivity index (χ0n) is 16.9. The van der Waals surface area contributed by atoms with Crippen molar-refractivity contribution in [2.24, 2.45) is 0 Å². The van der Waals surface area contributed by atoms with Crippen LogP contribution in [-0.4, -0.2) is 29.9 Å². The number of anilines is 2. The number of halogens is 1. The van der Waals surface area contributed by atoms with Crippen LogP contribution in [0.15, 0.2) is 59.4 Å². The van der Waals surface area contributed by atoms with Crippen LogP contribution in [0.25, 0.3) is 5.69 Å². The number of nitrogens with one attached hydrogen (secondary N) is 2. The van der Waals surface area contributed by atoms with Crippen molar-refractivity contribution in [1.82, 2.24) is 9.78 Å². The minimum atomic E-state index is -3.43. The van der Waals surface area contributed by atoms with Gasteiger partial charge in [0, 0.05) is 23.1 Å². The van der Waals surface area contributed by atoms with Crippen molar-refractivity contribution in [2.45, 2.75) is 20.3 Å². The van der Waals surface area contributed by atoms with Crippen LogP contribution in [0.4, 0.5) is 15.8 Å². The Bertz CT molecular complexity index is 1270. The third-order valence-electron chi connectivity index (χ3n) is 4.29. The van der Waals surface area contributed by atoms with E-state index in [-0.39, 0.29) is 11.4 Å². The second-order valence-corrected chi connectivity index (χ2v) is 8.66. The molecule has 0 bridgehead atoms. The van der Waals surface area contributed by atoms with Crippen LogP contribution in [0.2, 0.25) is 0 Å². The van der Waals surface area contributed by atoms with Crippen molar-refractivity contribution in [2.75, 3.05) is 15.8 Å². The Kier molecular flexibility index (Phi) is 6.50. The number of aromatic nitrogens is 2. The largest absolute Gasteiger partial charge is 0.320 e. The molecule has 31 heavy (non-hydrogen) atoms. The van der Waals surface area contributed by atoms with E-state index in [0.717, 1.165) is 0 Å². The molecule has 2 aromatic carbocycles. The van der Waals surface area contributed by atoms with Gasteiger partial charge in [-0.3, -0.25) is 14.3 Å². The van der Waals surface area contributed by atoms with E-state index >= 15 is 0 Å². The normalized spacial score (nSPS) is 11.2. The molecule has 0 fully saturated rings. The molecule has 1 aromatic heterocycles. The zero-order chi connectivity index (χ0) is 22.6. The van der Waals surface area contributed by atoms with Crippen LogP contribution in [0.5, 0.6) is 0 Å². The molecule has 0 unspecified atom stereocenters. The summed E-state index contributed by atoms with van der Waals surface area (Å²) in [6, 6.07) is 13.1. The van der Waals surface area contributed by atoms with Gasteiger partial charge < -0.3 is 5.32 Å². The van der Waals surface area contributed by atoms with Crippen molar-refractivity contribution in [3.63, 3.8) is 0 Å². The maximum atomic E-state index is 14.2. The van der Waals surface area contributed by atoms with Gasteiger partial charge in [-0.15, -0.1) is 0 Å². The summed E-state index contributed by atoms with van der Waals surface area (Å²) in [5, 5.41) is 6.59. The molecule has 8 nitrogen and oxygen atoms in total. The first-order chi connectivity index (χ1) is 14.7. The van der Waals surface area contributed by atoms with E-state index in [4.69, 9.17) is 0 Å². The van der Waals surface area contributed by atoms with Gasteiger partial charge in [0.05, 0.1) is 5.75 Å². The molecule has 3 rings (SSSR count). The molecule has 0 aliphatic heterocycles. The molecule has 10 heteroatoms. The third kappa shape index (κ3) is 5.34. The summed E-state index contributed by atoms with van der Waals surface area (Å²) >= 11 is 0. The Labute approximate surface area is 178 Å². The Balaban J connectivity index is 1.83. The second kappa shape index (κ2) is 9.09.